The molecular weight excluding hydrogens is 529 g/mol. The van der Waals surface area contributed by atoms with Gasteiger partial charge in [0.1, 0.15) is 11.6 Å². The molecule has 1 unspecified atom stereocenters. The molecule has 0 aliphatic carbocycles. The average Bonchev–Trinajstić information content (AvgIpc) is 3.68. The quantitative estimate of drug-likeness (QED) is 0.209. The number of aliphatic hydroxyl groups excluding tert-OH is 1. The molecule has 3 aromatic heterocycles. The molecular formula is C31H29ClFN5O2. The highest BCUT2D eigenvalue weighted by molar-refractivity contribution is 6.31. The summed E-state index contributed by atoms with van der Waals surface area (Å²) in [4.78, 5) is 17.1. The van der Waals surface area contributed by atoms with Crippen LogP contribution in [-0.4, -0.2) is 32.2 Å². The SMILES string of the molecule is C=C1CCCCC(c2ccc(-c3cc(Cl)ccc3-c3cnco3)cn2)c2ncc([nH]2)-c2cc(F)ccc2N1.CO. The third kappa shape index (κ3) is 5.83. The molecule has 0 amide bonds. The normalized spacial score (nSPS) is 15.1. The number of aromatic amines is 1. The van der Waals surface area contributed by atoms with Gasteiger partial charge >= 0.3 is 0 Å². The minimum Gasteiger partial charge on any atom is -0.443 e. The van der Waals surface area contributed by atoms with Crippen molar-refractivity contribution in [1.82, 2.24) is 19.9 Å². The fourth-order valence-corrected chi connectivity index (χ4v) is 5.13. The van der Waals surface area contributed by atoms with E-state index in [2.05, 4.69) is 21.9 Å². The van der Waals surface area contributed by atoms with E-state index < -0.39 is 0 Å². The van der Waals surface area contributed by atoms with Crippen LogP contribution in [0.2, 0.25) is 5.02 Å². The van der Waals surface area contributed by atoms with Gasteiger partial charge in [0.05, 0.1) is 29.7 Å². The molecule has 1 aliphatic heterocycles. The molecule has 0 saturated carbocycles. The zero-order chi connectivity index (χ0) is 28.1. The number of oxazole rings is 1. The van der Waals surface area contributed by atoms with Crippen LogP contribution in [-0.2, 0) is 0 Å². The van der Waals surface area contributed by atoms with E-state index in [1.807, 2.05) is 36.5 Å². The Kier molecular flexibility index (Phi) is 8.38. The molecule has 6 rings (SSSR count). The number of fused-ring (bicyclic) bond motifs is 4. The lowest BCUT2D eigenvalue weighted by Gasteiger charge is -2.18. The number of anilines is 1. The van der Waals surface area contributed by atoms with Crippen LogP contribution in [0, 0.1) is 5.82 Å². The molecule has 0 spiro atoms. The number of hydrogen-bond acceptors (Lipinski definition) is 6. The molecule has 3 N–H and O–H groups in total. The van der Waals surface area contributed by atoms with Gasteiger partial charge in [-0.2, -0.15) is 0 Å². The van der Waals surface area contributed by atoms with Crippen LogP contribution >= 0.6 is 11.6 Å². The second kappa shape index (κ2) is 12.3. The maximum Gasteiger partial charge on any atom is 0.181 e. The average molecular weight is 558 g/mol. The van der Waals surface area contributed by atoms with Crippen LogP contribution in [0.15, 0.2) is 90.2 Å². The van der Waals surface area contributed by atoms with Crippen LogP contribution in [0.4, 0.5) is 10.1 Å². The zero-order valence-corrected chi connectivity index (χ0v) is 22.8. The number of aromatic nitrogens is 4. The lowest BCUT2D eigenvalue weighted by molar-refractivity contribution is 0.399. The van der Waals surface area contributed by atoms with Gasteiger partial charge in [0, 0.05) is 46.4 Å². The van der Waals surface area contributed by atoms with Crippen molar-refractivity contribution >= 4 is 17.3 Å². The molecule has 1 atom stereocenters. The summed E-state index contributed by atoms with van der Waals surface area (Å²) in [5.74, 6) is 1.12. The van der Waals surface area contributed by atoms with Crippen molar-refractivity contribution < 1.29 is 13.9 Å². The first-order chi connectivity index (χ1) is 19.5. The first-order valence-corrected chi connectivity index (χ1v) is 13.3. The van der Waals surface area contributed by atoms with E-state index in [0.717, 1.165) is 78.1 Å². The maximum atomic E-state index is 14.2. The summed E-state index contributed by atoms with van der Waals surface area (Å²) in [6.07, 6.45) is 10.3. The Hall–Kier alpha value is -4.27. The van der Waals surface area contributed by atoms with Gasteiger partial charge in [-0.05, 0) is 67.3 Å². The molecule has 9 heteroatoms. The second-order valence-corrected chi connectivity index (χ2v) is 9.86. The van der Waals surface area contributed by atoms with Crippen molar-refractivity contribution in [1.29, 1.82) is 0 Å². The standard InChI is InChI=1S/C30H25ClFN5O.CH4O/c1-18-4-2-3-5-23(30-35-15-28(37-30)25-13-21(32)8-11-27(25)36-18)26-10-6-19(14-34-26)24-12-20(31)7-9-22(24)29-16-33-17-38-29;1-2/h6-17,23,36H,1-5H2,(H,35,37);2H,1H3. The Labute approximate surface area is 236 Å². The molecule has 0 fully saturated rings. The van der Waals surface area contributed by atoms with Crippen LogP contribution in [0.3, 0.4) is 0 Å². The number of H-pyrrole nitrogens is 1. The van der Waals surface area contributed by atoms with Gasteiger partial charge in [0.2, 0.25) is 0 Å². The summed E-state index contributed by atoms with van der Waals surface area (Å²) < 4.78 is 19.7. The van der Waals surface area contributed by atoms with Gasteiger partial charge in [-0.25, -0.2) is 14.4 Å². The number of nitrogens with one attached hydrogen (secondary N) is 2. The minimum absolute atomic E-state index is 0.0384. The first kappa shape index (κ1) is 27.3. The highest BCUT2D eigenvalue weighted by Gasteiger charge is 2.22. The van der Waals surface area contributed by atoms with Crippen molar-refractivity contribution in [2.75, 3.05) is 12.4 Å². The monoisotopic (exact) mass is 557 g/mol. The number of imidazole rings is 1. The molecule has 2 bridgehead atoms. The number of aliphatic hydroxyl groups is 1. The number of nitrogens with zero attached hydrogens (tertiary/aromatic N) is 3. The zero-order valence-electron chi connectivity index (χ0n) is 22.0. The second-order valence-electron chi connectivity index (χ2n) is 9.43. The fourth-order valence-electron chi connectivity index (χ4n) is 4.95. The van der Waals surface area contributed by atoms with Crippen molar-refractivity contribution in [2.45, 2.75) is 31.6 Å². The van der Waals surface area contributed by atoms with Crippen molar-refractivity contribution in [3.63, 3.8) is 0 Å². The van der Waals surface area contributed by atoms with Crippen LogP contribution < -0.4 is 5.32 Å². The summed E-state index contributed by atoms with van der Waals surface area (Å²) in [6, 6.07) is 14.4. The van der Waals surface area contributed by atoms with E-state index in [9.17, 15) is 4.39 Å². The fraction of sp³-hybridized carbons (Fsp3) is 0.194. The molecule has 4 heterocycles. The smallest absolute Gasteiger partial charge is 0.181 e. The van der Waals surface area contributed by atoms with E-state index in [-0.39, 0.29) is 11.7 Å². The maximum absolute atomic E-state index is 14.2. The Morgan fingerprint density at radius 2 is 1.85 bits per heavy atom. The molecule has 40 heavy (non-hydrogen) atoms. The predicted octanol–water partition coefficient (Wildman–Crippen LogP) is 7.83. The lowest BCUT2D eigenvalue weighted by Crippen LogP contribution is -2.07. The number of pyridine rings is 1. The summed E-state index contributed by atoms with van der Waals surface area (Å²) >= 11 is 6.34. The first-order valence-electron chi connectivity index (χ1n) is 12.9. The van der Waals surface area contributed by atoms with Gasteiger partial charge in [-0.15, -0.1) is 0 Å². The number of hydrogen-bond donors (Lipinski definition) is 3. The molecule has 204 valence electrons. The molecule has 0 saturated heterocycles. The van der Waals surface area contributed by atoms with Gasteiger partial charge in [0.25, 0.3) is 0 Å². The number of rotatable bonds is 3. The molecule has 7 nitrogen and oxygen atoms in total. The number of benzene rings is 2. The third-order valence-electron chi connectivity index (χ3n) is 6.86. The van der Waals surface area contributed by atoms with Crippen LogP contribution in [0.1, 0.15) is 43.1 Å². The summed E-state index contributed by atoms with van der Waals surface area (Å²) in [5.41, 5.74) is 6.80. The van der Waals surface area contributed by atoms with E-state index in [0.29, 0.717) is 16.3 Å². The minimum atomic E-state index is -0.307. The Bertz CT molecular complexity index is 1600. The van der Waals surface area contributed by atoms with Gasteiger partial charge < -0.3 is 19.8 Å². The molecule has 0 radical (unpaired) electrons. The summed E-state index contributed by atoms with van der Waals surface area (Å²) in [7, 11) is 1.00. The van der Waals surface area contributed by atoms with Gasteiger partial charge in [-0.3, -0.25) is 4.98 Å². The largest absolute Gasteiger partial charge is 0.443 e. The highest BCUT2D eigenvalue weighted by atomic mass is 35.5. The van der Waals surface area contributed by atoms with Gasteiger partial charge in [-0.1, -0.05) is 30.7 Å². The van der Waals surface area contributed by atoms with Crippen LogP contribution in [0.25, 0.3) is 33.7 Å². The van der Waals surface area contributed by atoms with E-state index in [1.54, 1.807) is 18.5 Å². The summed E-state index contributed by atoms with van der Waals surface area (Å²) in [5, 5.41) is 11.0. The van der Waals surface area contributed by atoms with Crippen molar-refractivity contribution in [3.8, 4) is 33.7 Å². The third-order valence-corrected chi connectivity index (χ3v) is 7.10. The van der Waals surface area contributed by atoms with E-state index in [4.69, 9.17) is 31.1 Å². The lowest BCUT2D eigenvalue weighted by atomic mass is 9.94. The van der Waals surface area contributed by atoms with E-state index >= 15 is 0 Å². The Morgan fingerprint density at radius 3 is 2.62 bits per heavy atom. The number of allylic oxidation sites excluding steroid dienone is 1. The molecule has 1 aliphatic rings. The van der Waals surface area contributed by atoms with Crippen LogP contribution in [0.5, 0.6) is 0 Å². The van der Waals surface area contributed by atoms with E-state index in [1.165, 1.54) is 18.5 Å². The Balaban J connectivity index is 0.00000158. The number of halogens is 2. The predicted molar refractivity (Wildman–Crippen MR) is 155 cm³/mol. The van der Waals surface area contributed by atoms with Gasteiger partial charge in [0.15, 0.2) is 12.2 Å². The molecule has 2 aromatic carbocycles. The molecule has 5 aromatic rings. The summed E-state index contributed by atoms with van der Waals surface area (Å²) in [6.45, 7) is 4.17. The highest BCUT2D eigenvalue weighted by Crippen LogP contribution is 2.37. The van der Waals surface area contributed by atoms with Crippen molar-refractivity contribution in [2.24, 2.45) is 0 Å². The van der Waals surface area contributed by atoms with Crippen molar-refractivity contribution in [3.05, 3.63) is 108 Å². The Morgan fingerprint density at radius 1 is 0.975 bits per heavy atom. The topological polar surface area (TPSA) is 99.9 Å².